The normalized spacial score (nSPS) is 16.0. The Kier molecular flexibility index (Phi) is 4.89. The van der Waals surface area contributed by atoms with Gasteiger partial charge in [0.25, 0.3) is 11.8 Å². The molecule has 132 valence electrons. The van der Waals surface area contributed by atoms with Crippen LogP contribution in [0.25, 0.3) is 6.08 Å². The number of hydrogen-bond acceptors (Lipinski definition) is 6. The molecule has 8 nitrogen and oxygen atoms in total. The number of anilines is 1. The molecule has 2 heterocycles. The molecule has 0 bridgehead atoms. The predicted octanol–water partition coefficient (Wildman–Crippen LogP) is 2.07. The van der Waals surface area contributed by atoms with Crippen molar-refractivity contribution in [2.24, 2.45) is 0 Å². The number of amides is 4. The van der Waals surface area contributed by atoms with Crippen molar-refractivity contribution in [1.82, 2.24) is 10.3 Å². The van der Waals surface area contributed by atoms with Crippen LogP contribution in [-0.2, 0) is 9.59 Å². The maximum absolute atomic E-state index is 12.7. The fourth-order valence-corrected chi connectivity index (χ4v) is 3.00. The zero-order valence-electron chi connectivity index (χ0n) is 13.4. The number of benzene rings is 1. The second-order valence-electron chi connectivity index (χ2n) is 5.22. The standard InChI is InChI=1S/C17H12IN3O5/c1-26-13-7-9(6-12(18)14(13)22)5-11-15(23)20-17(25)21(16(11)24)10-3-2-4-19-8-10/h2-8,22H,1H3,(H,20,23,25)/b11-5-. The number of nitrogens with zero attached hydrogens (tertiary/aromatic N) is 2. The molecule has 1 aliphatic rings. The highest BCUT2D eigenvalue weighted by molar-refractivity contribution is 14.1. The van der Waals surface area contributed by atoms with Gasteiger partial charge in [-0.25, -0.2) is 9.69 Å². The van der Waals surface area contributed by atoms with E-state index in [1.54, 1.807) is 12.1 Å². The molecule has 1 aromatic carbocycles. The van der Waals surface area contributed by atoms with Crippen molar-refractivity contribution in [1.29, 1.82) is 0 Å². The van der Waals surface area contributed by atoms with Crippen molar-refractivity contribution in [3.8, 4) is 11.5 Å². The first kappa shape index (κ1) is 17.9. The van der Waals surface area contributed by atoms with Crippen LogP contribution < -0.4 is 15.0 Å². The van der Waals surface area contributed by atoms with E-state index in [1.165, 1.54) is 37.7 Å². The van der Waals surface area contributed by atoms with Crippen molar-refractivity contribution in [2.75, 3.05) is 12.0 Å². The summed E-state index contributed by atoms with van der Waals surface area (Å²) >= 11 is 1.90. The predicted molar refractivity (Wildman–Crippen MR) is 101 cm³/mol. The van der Waals surface area contributed by atoms with Crippen molar-refractivity contribution in [3.05, 3.63) is 51.4 Å². The van der Waals surface area contributed by atoms with Crippen molar-refractivity contribution in [2.45, 2.75) is 0 Å². The van der Waals surface area contributed by atoms with Crippen LogP contribution in [0.3, 0.4) is 0 Å². The maximum Gasteiger partial charge on any atom is 0.336 e. The Morgan fingerprint density at radius 3 is 2.73 bits per heavy atom. The fourth-order valence-electron chi connectivity index (χ4n) is 2.38. The highest BCUT2D eigenvalue weighted by atomic mass is 127. The smallest absolute Gasteiger partial charge is 0.336 e. The average Bonchev–Trinajstić information content (AvgIpc) is 2.62. The van der Waals surface area contributed by atoms with E-state index in [1.807, 2.05) is 22.6 Å². The monoisotopic (exact) mass is 465 g/mol. The Morgan fingerprint density at radius 2 is 2.08 bits per heavy atom. The van der Waals surface area contributed by atoms with E-state index in [2.05, 4.69) is 10.3 Å². The molecule has 1 fully saturated rings. The number of ether oxygens (including phenoxy) is 1. The summed E-state index contributed by atoms with van der Waals surface area (Å²) in [4.78, 5) is 41.7. The number of nitrogens with one attached hydrogen (secondary N) is 1. The zero-order valence-corrected chi connectivity index (χ0v) is 15.6. The van der Waals surface area contributed by atoms with Gasteiger partial charge in [-0.05, 0) is 58.5 Å². The molecule has 1 aromatic heterocycles. The lowest BCUT2D eigenvalue weighted by atomic mass is 10.1. The lowest BCUT2D eigenvalue weighted by Crippen LogP contribution is -2.54. The minimum absolute atomic E-state index is 0.0400. The van der Waals surface area contributed by atoms with Gasteiger partial charge in [0.2, 0.25) is 0 Å². The van der Waals surface area contributed by atoms with E-state index in [4.69, 9.17) is 4.74 Å². The van der Waals surface area contributed by atoms with Gasteiger partial charge in [0.15, 0.2) is 11.5 Å². The topological polar surface area (TPSA) is 109 Å². The van der Waals surface area contributed by atoms with Gasteiger partial charge in [-0.1, -0.05) is 0 Å². The minimum atomic E-state index is -0.844. The lowest BCUT2D eigenvalue weighted by Gasteiger charge is -2.26. The Morgan fingerprint density at radius 1 is 1.31 bits per heavy atom. The van der Waals surface area contributed by atoms with Gasteiger partial charge in [-0.15, -0.1) is 0 Å². The summed E-state index contributed by atoms with van der Waals surface area (Å²) in [5.41, 5.74) is 0.478. The van der Waals surface area contributed by atoms with Gasteiger partial charge in [0.05, 0.1) is 22.6 Å². The minimum Gasteiger partial charge on any atom is -0.504 e. The summed E-state index contributed by atoms with van der Waals surface area (Å²) in [6.45, 7) is 0. The second kappa shape index (κ2) is 7.12. The summed E-state index contributed by atoms with van der Waals surface area (Å²) in [6, 6.07) is 5.32. The Hall–Kier alpha value is -2.95. The molecule has 26 heavy (non-hydrogen) atoms. The first-order chi connectivity index (χ1) is 12.4. The fraction of sp³-hybridized carbons (Fsp3) is 0.0588. The molecule has 1 saturated heterocycles. The molecular formula is C17H12IN3O5. The highest BCUT2D eigenvalue weighted by Gasteiger charge is 2.36. The van der Waals surface area contributed by atoms with Gasteiger partial charge in [-0.3, -0.25) is 19.9 Å². The molecule has 0 atom stereocenters. The third-order valence-electron chi connectivity index (χ3n) is 3.59. The van der Waals surface area contributed by atoms with E-state index in [0.29, 0.717) is 9.13 Å². The molecule has 1 aliphatic heterocycles. The lowest BCUT2D eigenvalue weighted by molar-refractivity contribution is -0.122. The Labute approximate surface area is 161 Å². The number of carbonyl (C=O) groups is 3. The van der Waals surface area contributed by atoms with E-state index in [-0.39, 0.29) is 22.8 Å². The number of aromatic nitrogens is 1. The van der Waals surface area contributed by atoms with E-state index in [0.717, 1.165) is 4.90 Å². The molecule has 0 aliphatic carbocycles. The number of carbonyl (C=O) groups excluding carboxylic acids is 3. The van der Waals surface area contributed by atoms with Crippen molar-refractivity contribution < 1.29 is 24.2 Å². The van der Waals surface area contributed by atoms with Crippen LogP contribution in [0.15, 0.2) is 42.2 Å². The molecule has 0 unspecified atom stereocenters. The number of aromatic hydroxyl groups is 1. The number of halogens is 1. The second-order valence-corrected chi connectivity index (χ2v) is 6.38. The largest absolute Gasteiger partial charge is 0.504 e. The van der Waals surface area contributed by atoms with Crippen LogP contribution >= 0.6 is 22.6 Å². The molecule has 9 heteroatoms. The van der Waals surface area contributed by atoms with E-state index in [9.17, 15) is 19.5 Å². The third-order valence-corrected chi connectivity index (χ3v) is 4.41. The third kappa shape index (κ3) is 3.25. The number of phenols is 1. The molecule has 4 amide bonds. The number of barbiturate groups is 1. The van der Waals surface area contributed by atoms with Crippen LogP contribution in [-0.4, -0.2) is 35.0 Å². The number of rotatable bonds is 3. The van der Waals surface area contributed by atoms with Crippen LogP contribution in [0.1, 0.15) is 5.56 Å². The number of imide groups is 2. The van der Waals surface area contributed by atoms with Crippen molar-refractivity contribution in [3.63, 3.8) is 0 Å². The Bertz CT molecular complexity index is 943. The summed E-state index contributed by atoms with van der Waals surface area (Å²) in [6.07, 6.45) is 4.18. The number of phenolic OH excluding ortho intramolecular Hbond substituents is 1. The van der Waals surface area contributed by atoms with Gasteiger partial charge in [-0.2, -0.15) is 0 Å². The van der Waals surface area contributed by atoms with Gasteiger partial charge >= 0.3 is 6.03 Å². The van der Waals surface area contributed by atoms with Crippen LogP contribution in [0, 0.1) is 3.57 Å². The van der Waals surface area contributed by atoms with E-state index >= 15 is 0 Å². The molecule has 0 saturated carbocycles. The molecule has 0 radical (unpaired) electrons. The molecule has 2 N–H and O–H groups in total. The molecule has 2 aromatic rings. The number of methoxy groups -OCH3 is 1. The summed E-state index contributed by atoms with van der Waals surface area (Å²) in [7, 11) is 1.39. The summed E-state index contributed by atoms with van der Waals surface area (Å²) in [5, 5.41) is 12.0. The van der Waals surface area contributed by atoms with Crippen LogP contribution in [0.4, 0.5) is 10.5 Å². The summed E-state index contributed by atoms with van der Waals surface area (Å²) in [5.74, 6) is -1.41. The van der Waals surface area contributed by atoms with Gasteiger partial charge in [0.1, 0.15) is 5.57 Å². The molecule has 3 rings (SSSR count). The number of urea groups is 1. The Balaban J connectivity index is 2.05. The number of hydrogen-bond donors (Lipinski definition) is 2. The van der Waals surface area contributed by atoms with Crippen LogP contribution in [0.5, 0.6) is 11.5 Å². The average molecular weight is 465 g/mol. The molecule has 0 spiro atoms. The SMILES string of the molecule is COc1cc(/C=C2/C(=O)NC(=O)N(c3cccnc3)C2=O)cc(I)c1O. The maximum atomic E-state index is 12.7. The van der Waals surface area contributed by atoms with Gasteiger partial charge < -0.3 is 9.84 Å². The number of pyridine rings is 1. The molecular weight excluding hydrogens is 453 g/mol. The highest BCUT2D eigenvalue weighted by Crippen LogP contribution is 2.33. The van der Waals surface area contributed by atoms with Crippen molar-refractivity contribution >= 4 is 52.2 Å². The van der Waals surface area contributed by atoms with E-state index < -0.39 is 17.8 Å². The quantitative estimate of drug-likeness (QED) is 0.408. The first-order valence-electron chi connectivity index (χ1n) is 7.30. The zero-order chi connectivity index (χ0) is 18.8. The van der Waals surface area contributed by atoms with Gasteiger partial charge in [0, 0.05) is 6.20 Å². The first-order valence-corrected chi connectivity index (χ1v) is 8.38. The van der Waals surface area contributed by atoms with Crippen LogP contribution in [0.2, 0.25) is 0 Å². The summed E-state index contributed by atoms with van der Waals surface area (Å²) < 4.78 is 5.56.